The molecule has 0 radical (unpaired) electrons. The van der Waals surface area contributed by atoms with Crippen molar-refractivity contribution in [3.8, 4) is 0 Å². The molecule has 100 valence electrons. The highest BCUT2D eigenvalue weighted by Crippen LogP contribution is 2.21. The van der Waals surface area contributed by atoms with Crippen LogP contribution in [-0.4, -0.2) is 35.7 Å². The van der Waals surface area contributed by atoms with Gasteiger partial charge in [-0.15, -0.1) is 0 Å². The van der Waals surface area contributed by atoms with Gasteiger partial charge < -0.3 is 5.11 Å². The van der Waals surface area contributed by atoms with E-state index in [9.17, 15) is 0 Å². The minimum atomic E-state index is 0.299. The van der Waals surface area contributed by atoms with Crippen LogP contribution in [0.2, 0.25) is 5.02 Å². The molecule has 0 bridgehead atoms. The Labute approximate surface area is 115 Å². The fourth-order valence-corrected chi connectivity index (χ4v) is 3.03. The average Bonchev–Trinajstić information content (AvgIpc) is 2.40. The summed E-state index contributed by atoms with van der Waals surface area (Å²) in [4.78, 5) is 2.52. The van der Waals surface area contributed by atoms with Crippen LogP contribution < -0.4 is 0 Å². The van der Waals surface area contributed by atoms with Crippen molar-refractivity contribution >= 4 is 11.6 Å². The Kier molecular flexibility index (Phi) is 5.48. The van der Waals surface area contributed by atoms with Crippen LogP contribution in [0.3, 0.4) is 0 Å². The second kappa shape index (κ2) is 7.13. The van der Waals surface area contributed by atoms with E-state index in [1.54, 1.807) is 0 Å². The summed E-state index contributed by atoms with van der Waals surface area (Å²) in [5.74, 6) is 0. The molecule has 0 amide bonds. The van der Waals surface area contributed by atoms with E-state index in [4.69, 9.17) is 16.7 Å². The van der Waals surface area contributed by atoms with Crippen LogP contribution in [0.25, 0.3) is 0 Å². The van der Waals surface area contributed by atoms with Crippen LogP contribution in [0.15, 0.2) is 24.3 Å². The third-order valence-electron chi connectivity index (χ3n) is 3.84. The van der Waals surface area contributed by atoms with Crippen molar-refractivity contribution in [1.82, 2.24) is 4.90 Å². The second-order valence-electron chi connectivity index (χ2n) is 5.04. The lowest BCUT2D eigenvalue weighted by molar-refractivity contribution is 0.120. The molecule has 1 N–H and O–H groups in total. The molecule has 2 rings (SSSR count). The van der Waals surface area contributed by atoms with Gasteiger partial charge in [-0.2, -0.15) is 0 Å². The topological polar surface area (TPSA) is 23.5 Å². The maximum Gasteiger partial charge on any atom is 0.0445 e. The lowest BCUT2D eigenvalue weighted by atomic mass is 9.99. The van der Waals surface area contributed by atoms with Gasteiger partial charge in [0.25, 0.3) is 0 Å². The molecular formula is C15H22ClNO. The Bertz CT molecular complexity index is 367. The number of rotatable bonds is 5. The predicted octanol–water partition coefficient (Wildman–Crippen LogP) is 3.12. The smallest absolute Gasteiger partial charge is 0.0445 e. The molecule has 1 aromatic rings. The third-order valence-corrected chi connectivity index (χ3v) is 4.21. The predicted molar refractivity (Wildman–Crippen MR) is 76.1 cm³/mol. The number of nitrogens with zero attached hydrogens (tertiary/aromatic N) is 1. The van der Waals surface area contributed by atoms with Gasteiger partial charge in [0.1, 0.15) is 0 Å². The quantitative estimate of drug-likeness (QED) is 0.886. The number of hydrogen-bond donors (Lipinski definition) is 1. The van der Waals surface area contributed by atoms with Crippen LogP contribution in [0.5, 0.6) is 0 Å². The van der Waals surface area contributed by atoms with Crippen molar-refractivity contribution in [2.24, 2.45) is 0 Å². The van der Waals surface area contributed by atoms with Gasteiger partial charge in [-0.25, -0.2) is 0 Å². The summed E-state index contributed by atoms with van der Waals surface area (Å²) in [6.07, 6.45) is 5.71. The number of halogens is 1. The van der Waals surface area contributed by atoms with Gasteiger partial charge in [0.2, 0.25) is 0 Å². The Morgan fingerprint density at radius 2 is 2.11 bits per heavy atom. The van der Waals surface area contributed by atoms with Crippen molar-refractivity contribution in [3.63, 3.8) is 0 Å². The molecule has 1 atom stereocenters. The van der Waals surface area contributed by atoms with Gasteiger partial charge in [-0.3, -0.25) is 4.90 Å². The molecule has 1 unspecified atom stereocenters. The summed E-state index contributed by atoms with van der Waals surface area (Å²) in [7, 11) is 0. The zero-order valence-electron chi connectivity index (χ0n) is 10.8. The average molecular weight is 268 g/mol. The Hall–Kier alpha value is -0.570. The fraction of sp³-hybridized carbons (Fsp3) is 0.600. The molecule has 0 spiro atoms. The number of piperidine rings is 1. The number of aliphatic hydroxyl groups is 1. The zero-order valence-corrected chi connectivity index (χ0v) is 11.6. The van der Waals surface area contributed by atoms with Gasteiger partial charge in [0.15, 0.2) is 0 Å². The van der Waals surface area contributed by atoms with Gasteiger partial charge in [0.05, 0.1) is 0 Å². The van der Waals surface area contributed by atoms with Crippen molar-refractivity contribution in [1.29, 1.82) is 0 Å². The molecule has 18 heavy (non-hydrogen) atoms. The molecular weight excluding hydrogens is 246 g/mol. The molecule has 1 aliphatic rings. The molecule has 2 nitrogen and oxygen atoms in total. The van der Waals surface area contributed by atoms with E-state index in [1.807, 2.05) is 18.2 Å². The molecule has 1 fully saturated rings. The van der Waals surface area contributed by atoms with E-state index < -0.39 is 0 Å². The van der Waals surface area contributed by atoms with Gasteiger partial charge in [-0.05, 0) is 43.9 Å². The molecule has 0 saturated carbocycles. The summed E-state index contributed by atoms with van der Waals surface area (Å²) in [5.41, 5.74) is 1.23. The molecule has 3 heteroatoms. The van der Waals surface area contributed by atoms with Crippen molar-refractivity contribution < 1.29 is 5.11 Å². The first-order valence-electron chi connectivity index (χ1n) is 6.89. The van der Waals surface area contributed by atoms with Crippen LogP contribution in [0.1, 0.15) is 31.2 Å². The van der Waals surface area contributed by atoms with E-state index in [-0.39, 0.29) is 0 Å². The maximum atomic E-state index is 9.12. The second-order valence-corrected chi connectivity index (χ2v) is 5.45. The minimum Gasteiger partial charge on any atom is -0.396 e. The molecule has 1 aromatic carbocycles. The molecule has 1 saturated heterocycles. The summed E-state index contributed by atoms with van der Waals surface area (Å²) >= 11 is 6.18. The van der Waals surface area contributed by atoms with E-state index >= 15 is 0 Å². The Morgan fingerprint density at radius 1 is 1.28 bits per heavy atom. The summed E-state index contributed by atoms with van der Waals surface area (Å²) < 4.78 is 0. The molecule has 1 heterocycles. The number of aliphatic hydroxyl groups excluding tert-OH is 1. The first-order valence-corrected chi connectivity index (χ1v) is 7.27. The highest BCUT2D eigenvalue weighted by atomic mass is 35.5. The summed E-state index contributed by atoms with van der Waals surface area (Å²) in [6, 6.07) is 8.64. The largest absolute Gasteiger partial charge is 0.396 e. The Balaban J connectivity index is 1.89. The number of hydrogen-bond acceptors (Lipinski definition) is 2. The van der Waals surface area contributed by atoms with Crippen LogP contribution in [0, 0.1) is 0 Å². The Morgan fingerprint density at radius 3 is 2.89 bits per heavy atom. The third kappa shape index (κ3) is 3.71. The van der Waals surface area contributed by atoms with E-state index in [2.05, 4.69) is 11.0 Å². The van der Waals surface area contributed by atoms with Crippen molar-refractivity contribution in [2.75, 3.05) is 19.7 Å². The van der Waals surface area contributed by atoms with E-state index in [0.717, 1.165) is 31.0 Å². The van der Waals surface area contributed by atoms with Gasteiger partial charge >= 0.3 is 0 Å². The van der Waals surface area contributed by atoms with Crippen molar-refractivity contribution in [2.45, 2.75) is 38.1 Å². The lowest BCUT2D eigenvalue weighted by Gasteiger charge is -2.35. The number of benzene rings is 1. The summed E-state index contributed by atoms with van der Waals surface area (Å²) in [5, 5.41) is 9.99. The molecule has 0 aliphatic carbocycles. The maximum absolute atomic E-state index is 9.12. The first kappa shape index (κ1) is 13.9. The van der Waals surface area contributed by atoms with Gasteiger partial charge in [-0.1, -0.05) is 36.2 Å². The van der Waals surface area contributed by atoms with Crippen LogP contribution >= 0.6 is 11.6 Å². The van der Waals surface area contributed by atoms with Crippen molar-refractivity contribution in [3.05, 3.63) is 34.9 Å². The van der Waals surface area contributed by atoms with E-state index in [0.29, 0.717) is 12.6 Å². The zero-order chi connectivity index (χ0) is 12.8. The van der Waals surface area contributed by atoms with Crippen LogP contribution in [0.4, 0.5) is 0 Å². The normalized spacial score (nSPS) is 21.1. The fourth-order valence-electron chi connectivity index (χ4n) is 2.80. The standard InChI is InChI=1S/C15H22ClNO/c16-15-7-2-1-5-13(15)8-11-17-10-4-3-6-14(17)9-12-18/h1-2,5,7,14,18H,3-4,6,8-12H2. The highest BCUT2D eigenvalue weighted by molar-refractivity contribution is 6.31. The van der Waals surface area contributed by atoms with E-state index in [1.165, 1.54) is 24.8 Å². The lowest BCUT2D eigenvalue weighted by Crippen LogP contribution is -2.41. The monoisotopic (exact) mass is 267 g/mol. The first-order chi connectivity index (χ1) is 8.81. The minimum absolute atomic E-state index is 0.299. The van der Waals surface area contributed by atoms with Gasteiger partial charge in [0, 0.05) is 24.2 Å². The molecule has 1 aliphatic heterocycles. The molecule has 0 aromatic heterocycles. The number of likely N-dealkylation sites (tertiary alicyclic amines) is 1. The highest BCUT2D eigenvalue weighted by Gasteiger charge is 2.21. The SMILES string of the molecule is OCCC1CCCCN1CCc1ccccc1Cl. The summed E-state index contributed by atoms with van der Waals surface area (Å²) in [6.45, 7) is 2.51. The van der Waals surface area contributed by atoms with Crippen LogP contribution in [-0.2, 0) is 6.42 Å².